The maximum atomic E-state index is 12.6. The number of nitrogens with zero attached hydrogens (tertiary/aromatic N) is 2. The van der Waals surface area contributed by atoms with Crippen LogP contribution in [-0.2, 0) is 6.18 Å². The quantitative estimate of drug-likeness (QED) is 0.687. The second-order valence-corrected chi connectivity index (χ2v) is 5.01. The van der Waals surface area contributed by atoms with Crippen molar-refractivity contribution >= 4 is 17.4 Å². The highest BCUT2D eigenvalue weighted by atomic mass is 32.2. The molecule has 0 radical (unpaired) electrons. The van der Waals surface area contributed by atoms with E-state index in [0.717, 1.165) is 11.8 Å². The molecule has 0 unspecified atom stereocenters. The van der Waals surface area contributed by atoms with Gasteiger partial charge in [-0.3, -0.25) is 10.1 Å². The van der Waals surface area contributed by atoms with Gasteiger partial charge in [-0.05, 0) is 24.3 Å². The van der Waals surface area contributed by atoms with Crippen LogP contribution in [0.2, 0.25) is 0 Å². The van der Waals surface area contributed by atoms with E-state index < -0.39 is 22.5 Å². The van der Waals surface area contributed by atoms with Crippen molar-refractivity contribution in [3.63, 3.8) is 0 Å². The number of alkyl halides is 3. The van der Waals surface area contributed by atoms with E-state index in [-0.39, 0.29) is 10.6 Å². The molecular weight excluding hydrogens is 309 g/mol. The van der Waals surface area contributed by atoms with E-state index in [1.807, 2.05) is 0 Å². The van der Waals surface area contributed by atoms with Gasteiger partial charge in [-0.15, -0.1) is 0 Å². The van der Waals surface area contributed by atoms with Gasteiger partial charge < -0.3 is 5.11 Å². The third-order valence-electron chi connectivity index (χ3n) is 2.38. The number of hydrogen-bond donors (Lipinski definition) is 1. The molecule has 0 bridgehead atoms. The highest BCUT2D eigenvalue weighted by Gasteiger charge is 2.34. The molecule has 0 aliphatic carbocycles. The van der Waals surface area contributed by atoms with Crippen molar-refractivity contribution in [2.45, 2.75) is 16.0 Å². The van der Waals surface area contributed by atoms with Gasteiger partial charge in [0.05, 0.1) is 9.82 Å². The Kier molecular flexibility index (Phi) is 4.03. The van der Waals surface area contributed by atoms with E-state index in [4.69, 9.17) is 0 Å². The molecule has 5 nitrogen and oxygen atoms in total. The number of rotatable bonds is 3. The molecule has 110 valence electrons. The van der Waals surface area contributed by atoms with Gasteiger partial charge in [0.2, 0.25) is 0 Å². The molecular formula is C12H7F3N2O3S. The van der Waals surface area contributed by atoms with Crippen LogP contribution in [0, 0.1) is 10.1 Å². The summed E-state index contributed by atoms with van der Waals surface area (Å²) in [4.78, 5) is 13.3. The van der Waals surface area contributed by atoms with Crippen LogP contribution in [0.25, 0.3) is 0 Å². The van der Waals surface area contributed by atoms with Crippen LogP contribution in [-0.4, -0.2) is 15.0 Å². The van der Waals surface area contributed by atoms with E-state index >= 15 is 0 Å². The Morgan fingerprint density at radius 1 is 1.29 bits per heavy atom. The smallest absolute Gasteiger partial charge is 0.433 e. The maximum Gasteiger partial charge on any atom is 0.433 e. The molecule has 0 amide bonds. The summed E-state index contributed by atoms with van der Waals surface area (Å²) in [6.07, 6.45) is -4.11. The van der Waals surface area contributed by atoms with Gasteiger partial charge in [0.15, 0.2) is 0 Å². The van der Waals surface area contributed by atoms with Gasteiger partial charge in [-0.2, -0.15) is 13.2 Å². The summed E-state index contributed by atoms with van der Waals surface area (Å²) in [5.41, 5.74) is -1.74. The SMILES string of the molecule is O=[N+]([O-])c1cnc(C(F)(F)F)cc1Sc1cccc(O)c1. The standard InChI is InChI=1S/C12H7F3N2O3S/c13-12(14,15)11-5-10(9(6-16-11)17(19)20)21-8-3-1-2-7(18)4-8/h1-6,18H. The molecule has 2 rings (SSSR count). The largest absolute Gasteiger partial charge is 0.508 e. The van der Waals surface area contributed by atoms with Crippen LogP contribution in [0.3, 0.4) is 0 Å². The first kappa shape index (κ1) is 15.1. The van der Waals surface area contributed by atoms with Crippen molar-refractivity contribution in [3.05, 3.63) is 52.3 Å². The summed E-state index contributed by atoms with van der Waals surface area (Å²) in [6, 6.07) is 6.29. The van der Waals surface area contributed by atoms with Crippen LogP contribution in [0.5, 0.6) is 5.75 Å². The van der Waals surface area contributed by atoms with Crippen molar-refractivity contribution in [1.82, 2.24) is 4.98 Å². The number of halogens is 3. The number of nitro groups is 1. The zero-order valence-electron chi connectivity index (χ0n) is 10.2. The zero-order valence-corrected chi connectivity index (χ0v) is 11.0. The third-order valence-corrected chi connectivity index (χ3v) is 3.42. The van der Waals surface area contributed by atoms with Crippen molar-refractivity contribution in [2.24, 2.45) is 0 Å². The van der Waals surface area contributed by atoms with Crippen molar-refractivity contribution in [3.8, 4) is 5.75 Å². The summed E-state index contributed by atoms with van der Waals surface area (Å²) < 4.78 is 37.9. The topological polar surface area (TPSA) is 76.3 Å². The Balaban J connectivity index is 2.46. The summed E-state index contributed by atoms with van der Waals surface area (Å²) in [5, 5.41) is 20.2. The van der Waals surface area contributed by atoms with Crippen LogP contribution in [0.1, 0.15) is 5.69 Å². The lowest BCUT2D eigenvalue weighted by molar-refractivity contribution is -0.388. The lowest BCUT2D eigenvalue weighted by atomic mass is 10.3. The normalized spacial score (nSPS) is 11.4. The van der Waals surface area contributed by atoms with Crippen molar-refractivity contribution in [2.75, 3.05) is 0 Å². The van der Waals surface area contributed by atoms with Gasteiger partial charge >= 0.3 is 11.9 Å². The second-order valence-electron chi connectivity index (χ2n) is 3.89. The number of aromatic hydroxyl groups is 1. The molecule has 0 fully saturated rings. The van der Waals surface area contributed by atoms with Crippen LogP contribution in [0.4, 0.5) is 18.9 Å². The average Bonchev–Trinajstić information content (AvgIpc) is 2.37. The average molecular weight is 316 g/mol. The van der Waals surface area contributed by atoms with Gasteiger partial charge in [-0.1, -0.05) is 17.8 Å². The fourth-order valence-electron chi connectivity index (χ4n) is 1.48. The number of pyridine rings is 1. The van der Waals surface area contributed by atoms with Crippen LogP contribution < -0.4 is 0 Å². The lowest BCUT2D eigenvalue weighted by Crippen LogP contribution is -2.08. The molecule has 0 aliphatic heterocycles. The molecule has 9 heteroatoms. The summed E-state index contributed by atoms with van der Waals surface area (Å²) >= 11 is 0.745. The number of phenolic OH excluding ortho intramolecular Hbond substituents is 1. The van der Waals surface area contributed by atoms with Crippen molar-refractivity contribution in [1.29, 1.82) is 0 Å². The summed E-state index contributed by atoms with van der Waals surface area (Å²) in [7, 11) is 0. The summed E-state index contributed by atoms with van der Waals surface area (Å²) in [6.45, 7) is 0. The number of hydrogen-bond acceptors (Lipinski definition) is 5. The monoisotopic (exact) mass is 316 g/mol. The van der Waals surface area contributed by atoms with Crippen LogP contribution >= 0.6 is 11.8 Å². The van der Waals surface area contributed by atoms with E-state index in [1.54, 1.807) is 0 Å². The fraction of sp³-hybridized carbons (Fsp3) is 0.0833. The first-order chi connectivity index (χ1) is 9.77. The minimum absolute atomic E-state index is 0.0900. The van der Waals surface area contributed by atoms with E-state index in [1.165, 1.54) is 24.3 Å². The van der Waals surface area contributed by atoms with Gasteiger partial charge in [0, 0.05) is 4.90 Å². The molecule has 0 saturated carbocycles. The van der Waals surface area contributed by atoms with Gasteiger partial charge in [0.1, 0.15) is 17.6 Å². The predicted octanol–water partition coefficient (Wildman–Crippen LogP) is 3.87. The molecule has 21 heavy (non-hydrogen) atoms. The first-order valence-corrected chi connectivity index (χ1v) is 6.27. The molecule has 2 aromatic rings. The minimum atomic E-state index is -4.69. The highest BCUT2D eigenvalue weighted by molar-refractivity contribution is 7.99. The van der Waals surface area contributed by atoms with Gasteiger partial charge in [-0.25, -0.2) is 4.98 Å². The molecule has 0 saturated heterocycles. The first-order valence-electron chi connectivity index (χ1n) is 5.46. The maximum absolute atomic E-state index is 12.6. The molecule has 0 aliphatic rings. The highest BCUT2D eigenvalue weighted by Crippen LogP contribution is 2.38. The number of benzene rings is 1. The molecule has 1 heterocycles. The predicted molar refractivity (Wildman–Crippen MR) is 68.1 cm³/mol. The van der Waals surface area contributed by atoms with Crippen molar-refractivity contribution < 1.29 is 23.2 Å². The number of aromatic nitrogens is 1. The summed E-state index contributed by atoms with van der Waals surface area (Å²) in [5.74, 6) is -0.0900. The molecule has 1 aromatic carbocycles. The Labute approximate surface area is 120 Å². The Hall–Kier alpha value is -2.29. The second kappa shape index (κ2) is 5.60. The Bertz CT molecular complexity index is 692. The Morgan fingerprint density at radius 3 is 2.57 bits per heavy atom. The molecule has 0 atom stereocenters. The third kappa shape index (κ3) is 3.63. The zero-order chi connectivity index (χ0) is 15.6. The number of phenols is 1. The van der Waals surface area contributed by atoms with E-state index in [9.17, 15) is 28.4 Å². The van der Waals surface area contributed by atoms with Gasteiger partial charge in [0.25, 0.3) is 0 Å². The molecule has 1 N–H and O–H groups in total. The lowest BCUT2D eigenvalue weighted by Gasteiger charge is -2.08. The Morgan fingerprint density at radius 2 is 2.00 bits per heavy atom. The van der Waals surface area contributed by atoms with E-state index in [2.05, 4.69) is 4.98 Å². The van der Waals surface area contributed by atoms with E-state index in [0.29, 0.717) is 17.2 Å². The fourth-order valence-corrected chi connectivity index (χ4v) is 2.46. The molecule has 1 aromatic heterocycles. The minimum Gasteiger partial charge on any atom is -0.508 e. The van der Waals surface area contributed by atoms with Crippen LogP contribution in [0.15, 0.2) is 46.3 Å². The molecule has 0 spiro atoms.